The molecule has 3 heteroatoms. The molecule has 0 bridgehead atoms. The molecule has 0 unspecified atom stereocenters. The molecule has 0 fully saturated rings. The number of carboxylic acid groups (broad SMARTS) is 1. The van der Waals surface area contributed by atoms with E-state index in [-0.39, 0.29) is 13.8 Å². The van der Waals surface area contributed by atoms with E-state index in [1.807, 2.05) is 30.3 Å². The normalized spacial score (nSPS) is 8.62. The summed E-state index contributed by atoms with van der Waals surface area (Å²) in [5.41, 5.74) is 0.957. The van der Waals surface area contributed by atoms with Gasteiger partial charge in [0.25, 0.3) is 0 Å². The van der Waals surface area contributed by atoms with E-state index in [1.165, 1.54) is 0 Å². The molecule has 0 aliphatic carbocycles. The Morgan fingerprint density at radius 2 is 1.92 bits per heavy atom. The SMILES string of the molecule is C.O=C(O)CCNc1ccccc1. The maximum Gasteiger partial charge on any atom is 0.305 e. The Hall–Kier alpha value is -1.51. The summed E-state index contributed by atoms with van der Waals surface area (Å²) >= 11 is 0. The molecule has 1 aromatic carbocycles. The summed E-state index contributed by atoms with van der Waals surface area (Å²) in [5, 5.41) is 11.3. The minimum Gasteiger partial charge on any atom is -0.481 e. The highest BCUT2D eigenvalue weighted by Gasteiger charge is 1.94. The molecule has 72 valence electrons. The van der Waals surface area contributed by atoms with Crippen molar-refractivity contribution in [1.29, 1.82) is 0 Å². The monoisotopic (exact) mass is 181 g/mol. The van der Waals surface area contributed by atoms with Gasteiger partial charge in [0.15, 0.2) is 0 Å². The lowest BCUT2D eigenvalue weighted by molar-refractivity contribution is -0.136. The van der Waals surface area contributed by atoms with Gasteiger partial charge in [-0.2, -0.15) is 0 Å². The zero-order chi connectivity index (χ0) is 8.81. The largest absolute Gasteiger partial charge is 0.481 e. The number of nitrogens with one attached hydrogen (secondary N) is 1. The van der Waals surface area contributed by atoms with Gasteiger partial charge in [0.2, 0.25) is 0 Å². The molecular weight excluding hydrogens is 166 g/mol. The first-order chi connectivity index (χ1) is 5.79. The molecule has 3 nitrogen and oxygen atoms in total. The predicted molar refractivity (Wildman–Crippen MR) is 53.9 cm³/mol. The predicted octanol–water partition coefficient (Wildman–Crippen LogP) is 2.21. The van der Waals surface area contributed by atoms with E-state index in [0.29, 0.717) is 6.54 Å². The minimum absolute atomic E-state index is 0. The topological polar surface area (TPSA) is 49.3 Å². The van der Waals surface area contributed by atoms with Crippen LogP contribution in [0.4, 0.5) is 5.69 Å². The van der Waals surface area contributed by atoms with Gasteiger partial charge < -0.3 is 10.4 Å². The summed E-state index contributed by atoms with van der Waals surface area (Å²) in [6, 6.07) is 9.54. The van der Waals surface area contributed by atoms with Crippen molar-refractivity contribution in [3.8, 4) is 0 Å². The second-order valence-electron chi connectivity index (χ2n) is 2.44. The number of hydrogen-bond acceptors (Lipinski definition) is 2. The molecule has 0 spiro atoms. The summed E-state index contributed by atoms with van der Waals surface area (Å²) in [6.07, 6.45) is 0.148. The van der Waals surface area contributed by atoms with Gasteiger partial charge in [0.1, 0.15) is 0 Å². The molecule has 0 aliphatic rings. The fourth-order valence-electron chi connectivity index (χ4n) is 0.870. The van der Waals surface area contributed by atoms with Crippen LogP contribution in [0.15, 0.2) is 30.3 Å². The van der Waals surface area contributed by atoms with Gasteiger partial charge in [0.05, 0.1) is 6.42 Å². The van der Waals surface area contributed by atoms with E-state index in [4.69, 9.17) is 5.11 Å². The average Bonchev–Trinajstić information content (AvgIpc) is 2.05. The van der Waals surface area contributed by atoms with E-state index < -0.39 is 5.97 Å². The van der Waals surface area contributed by atoms with Crippen LogP contribution in [0.5, 0.6) is 0 Å². The molecule has 0 heterocycles. The third kappa shape index (κ3) is 4.85. The van der Waals surface area contributed by atoms with Gasteiger partial charge in [0, 0.05) is 12.2 Å². The van der Waals surface area contributed by atoms with Crippen molar-refractivity contribution in [2.75, 3.05) is 11.9 Å². The third-order valence-corrected chi connectivity index (χ3v) is 1.44. The molecule has 0 saturated heterocycles. The molecule has 1 rings (SSSR count). The van der Waals surface area contributed by atoms with E-state index in [2.05, 4.69) is 5.32 Å². The first kappa shape index (κ1) is 11.5. The van der Waals surface area contributed by atoms with Gasteiger partial charge in [-0.1, -0.05) is 25.6 Å². The van der Waals surface area contributed by atoms with Crippen molar-refractivity contribution in [3.63, 3.8) is 0 Å². The molecule has 0 aromatic heterocycles. The molecule has 13 heavy (non-hydrogen) atoms. The van der Waals surface area contributed by atoms with Crippen LogP contribution in [0.2, 0.25) is 0 Å². The molecule has 0 aliphatic heterocycles. The molecule has 0 saturated carbocycles. The van der Waals surface area contributed by atoms with Gasteiger partial charge in [-0.3, -0.25) is 4.79 Å². The van der Waals surface area contributed by atoms with Crippen molar-refractivity contribution >= 4 is 11.7 Å². The first-order valence-corrected chi connectivity index (χ1v) is 3.80. The third-order valence-electron chi connectivity index (χ3n) is 1.44. The highest BCUT2D eigenvalue weighted by molar-refractivity contribution is 5.67. The van der Waals surface area contributed by atoms with Crippen LogP contribution in [0, 0.1) is 0 Å². The van der Waals surface area contributed by atoms with Gasteiger partial charge in [-0.05, 0) is 12.1 Å². The maximum absolute atomic E-state index is 10.1. The smallest absolute Gasteiger partial charge is 0.305 e. The van der Waals surface area contributed by atoms with Gasteiger partial charge >= 0.3 is 5.97 Å². The summed E-state index contributed by atoms with van der Waals surface area (Å²) < 4.78 is 0. The molecular formula is C10H15NO2. The van der Waals surface area contributed by atoms with Crippen LogP contribution >= 0.6 is 0 Å². The zero-order valence-corrected chi connectivity index (χ0v) is 6.66. The van der Waals surface area contributed by atoms with Crippen LogP contribution in [0.25, 0.3) is 0 Å². The zero-order valence-electron chi connectivity index (χ0n) is 6.66. The highest BCUT2D eigenvalue weighted by atomic mass is 16.4. The fourth-order valence-corrected chi connectivity index (χ4v) is 0.870. The summed E-state index contributed by atoms with van der Waals surface area (Å²) in [7, 11) is 0. The molecule has 0 atom stereocenters. The number of aliphatic carboxylic acids is 1. The Kier molecular flexibility index (Phi) is 5.35. The second kappa shape index (κ2) is 6.06. The number of hydrogen-bond donors (Lipinski definition) is 2. The van der Waals surface area contributed by atoms with Crippen molar-refractivity contribution in [1.82, 2.24) is 0 Å². The average molecular weight is 181 g/mol. The number of carboxylic acids is 1. The van der Waals surface area contributed by atoms with Crippen LogP contribution in [-0.4, -0.2) is 17.6 Å². The quantitative estimate of drug-likeness (QED) is 0.748. The van der Waals surface area contributed by atoms with Crippen molar-refractivity contribution < 1.29 is 9.90 Å². The van der Waals surface area contributed by atoms with Crippen LogP contribution in [0.1, 0.15) is 13.8 Å². The number of benzene rings is 1. The summed E-state index contributed by atoms with van der Waals surface area (Å²) in [4.78, 5) is 10.1. The standard InChI is InChI=1S/C9H11NO2.CH4/c11-9(12)6-7-10-8-4-2-1-3-5-8;/h1-5,10H,6-7H2,(H,11,12);1H4. The first-order valence-electron chi connectivity index (χ1n) is 3.80. The lowest BCUT2D eigenvalue weighted by atomic mass is 10.3. The summed E-state index contributed by atoms with van der Waals surface area (Å²) in [6.45, 7) is 0.472. The van der Waals surface area contributed by atoms with Crippen LogP contribution in [0.3, 0.4) is 0 Å². The van der Waals surface area contributed by atoms with Crippen molar-refractivity contribution in [3.05, 3.63) is 30.3 Å². The summed E-state index contributed by atoms with van der Waals surface area (Å²) in [5.74, 6) is -0.779. The number of rotatable bonds is 4. The van der Waals surface area contributed by atoms with E-state index in [9.17, 15) is 4.79 Å². The lowest BCUT2D eigenvalue weighted by Crippen LogP contribution is -2.07. The minimum atomic E-state index is -0.779. The molecule has 2 N–H and O–H groups in total. The number of anilines is 1. The molecule has 1 aromatic rings. The van der Waals surface area contributed by atoms with E-state index >= 15 is 0 Å². The Morgan fingerprint density at radius 3 is 2.46 bits per heavy atom. The fraction of sp³-hybridized carbons (Fsp3) is 0.300. The number of para-hydroxylation sites is 1. The Balaban J connectivity index is 0.00000144. The Bertz CT molecular complexity index is 246. The highest BCUT2D eigenvalue weighted by Crippen LogP contribution is 2.03. The van der Waals surface area contributed by atoms with Gasteiger partial charge in [-0.15, -0.1) is 0 Å². The molecule has 0 radical (unpaired) electrons. The van der Waals surface area contributed by atoms with E-state index in [1.54, 1.807) is 0 Å². The molecule has 0 amide bonds. The van der Waals surface area contributed by atoms with Crippen molar-refractivity contribution in [2.45, 2.75) is 13.8 Å². The second-order valence-corrected chi connectivity index (χ2v) is 2.44. The van der Waals surface area contributed by atoms with Crippen LogP contribution < -0.4 is 5.32 Å². The number of carbonyl (C=O) groups is 1. The van der Waals surface area contributed by atoms with Gasteiger partial charge in [-0.25, -0.2) is 0 Å². The van der Waals surface area contributed by atoms with E-state index in [0.717, 1.165) is 5.69 Å². The maximum atomic E-state index is 10.1. The van der Waals surface area contributed by atoms with Crippen LogP contribution in [-0.2, 0) is 4.79 Å². The Labute approximate surface area is 78.4 Å². The Morgan fingerprint density at radius 1 is 1.31 bits per heavy atom. The van der Waals surface area contributed by atoms with Crippen molar-refractivity contribution in [2.24, 2.45) is 0 Å². The lowest BCUT2D eigenvalue weighted by Gasteiger charge is -2.02.